The van der Waals surface area contributed by atoms with E-state index in [9.17, 15) is 22.4 Å². The Hall–Kier alpha value is -3.11. The Balaban J connectivity index is 1.40. The maximum absolute atomic E-state index is 13.8. The first kappa shape index (κ1) is 22.4. The number of hydrogen-bond acceptors (Lipinski definition) is 6. The lowest BCUT2D eigenvalue weighted by Crippen LogP contribution is -2.61. The molecule has 3 unspecified atom stereocenters. The highest BCUT2D eigenvalue weighted by atomic mass is 32.2. The molecule has 5 atom stereocenters. The lowest BCUT2D eigenvalue weighted by Gasteiger charge is -2.45. The van der Waals surface area contributed by atoms with Crippen LogP contribution in [0.1, 0.15) is 30.4 Å². The van der Waals surface area contributed by atoms with Crippen molar-refractivity contribution in [3.8, 4) is 0 Å². The summed E-state index contributed by atoms with van der Waals surface area (Å²) in [5, 5.41) is 2.96. The van der Waals surface area contributed by atoms with Crippen LogP contribution in [0.5, 0.6) is 0 Å². The van der Waals surface area contributed by atoms with Crippen molar-refractivity contribution in [2.75, 3.05) is 5.32 Å². The van der Waals surface area contributed by atoms with Gasteiger partial charge in [0.05, 0.1) is 5.69 Å². The highest BCUT2D eigenvalue weighted by molar-refractivity contribution is 7.90. The molecule has 2 aromatic carbocycles. The average Bonchev–Trinajstić information content (AvgIpc) is 3.45. The predicted molar refractivity (Wildman–Crippen MR) is 126 cm³/mol. The van der Waals surface area contributed by atoms with E-state index in [1.807, 2.05) is 0 Å². The average molecular weight is 497 g/mol. The molecule has 3 fully saturated rings. The summed E-state index contributed by atoms with van der Waals surface area (Å²) in [6.45, 7) is 0.396. The first-order chi connectivity index (χ1) is 16.8. The van der Waals surface area contributed by atoms with E-state index in [0.717, 1.165) is 24.8 Å². The molecule has 182 valence electrons. The third-order valence-electron chi connectivity index (χ3n) is 7.96. The molecule has 6 rings (SSSR count). The van der Waals surface area contributed by atoms with Crippen molar-refractivity contribution >= 4 is 33.2 Å². The Morgan fingerprint density at radius 3 is 2.51 bits per heavy atom. The van der Waals surface area contributed by atoms with Crippen LogP contribution in [0.25, 0.3) is 0 Å². The molecule has 35 heavy (non-hydrogen) atoms. The Labute approximate surface area is 202 Å². The van der Waals surface area contributed by atoms with E-state index in [4.69, 9.17) is 5.73 Å². The van der Waals surface area contributed by atoms with Crippen molar-refractivity contribution in [2.24, 2.45) is 33.8 Å². The Morgan fingerprint density at radius 1 is 1.06 bits per heavy atom. The fourth-order valence-electron chi connectivity index (χ4n) is 6.43. The molecule has 3 N–H and O–H groups in total. The van der Waals surface area contributed by atoms with Gasteiger partial charge in [-0.25, -0.2) is 4.39 Å². The van der Waals surface area contributed by atoms with Gasteiger partial charge in [0.25, 0.3) is 10.0 Å². The van der Waals surface area contributed by atoms with E-state index >= 15 is 0 Å². The van der Waals surface area contributed by atoms with Crippen molar-refractivity contribution in [3.05, 3.63) is 59.4 Å². The minimum Gasteiger partial charge on any atom is -0.341 e. The number of halogens is 1. The normalized spacial score (nSPS) is 30.5. The maximum atomic E-state index is 13.8. The summed E-state index contributed by atoms with van der Waals surface area (Å²) in [4.78, 5) is 29.3. The van der Waals surface area contributed by atoms with Crippen LogP contribution >= 0.6 is 0 Å². The van der Waals surface area contributed by atoms with Crippen molar-refractivity contribution in [1.82, 2.24) is 4.90 Å². The number of benzene rings is 2. The van der Waals surface area contributed by atoms with Gasteiger partial charge in [0.2, 0.25) is 5.91 Å². The molecule has 8 nitrogen and oxygen atoms in total. The number of sulfonamides is 1. The topological polar surface area (TPSA) is 122 Å². The van der Waals surface area contributed by atoms with Crippen molar-refractivity contribution < 1.29 is 22.4 Å². The summed E-state index contributed by atoms with van der Waals surface area (Å²) in [5.41, 5.74) is 7.31. The summed E-state index contributed by atoms with van der Waals surface area (Å²) in [5.74, 6) is -2.52. The third kappa shape index (κ3) is 3.49. The molecule has 1 amide bonds. The third-order valence-corrected chi connectivity index (χ3v) is 9.29. The van der Waals surface area contributed by atoms with E-state index < -0.39 is 21.8 Å². The molecule has 2 aliphatic heterocycles. The number of rotatable bonds is 4. The second-order valence-electron chi connectivity index (χ2n) is 9.89. The van der Waals surface area contributed by atoms with Gasteiger partial charge in [-0.1, -0.05) is 18.2 Å². The molecule has 2 aliphatic carbocycles. The van der Waals surface area contributed by atoms with Crippen LogP contribution in [0.4, 0.5) is 10.1 Å². The number of nitrogens with one attached hydrogen (secondary N) is 1. The molecule has 0 spiro atoms. The fraction of sp³-hybridized carbons (Fsp3) is 0.400. The maximum Gasteiger partial charge on any atom is 0.286 e. The monoisotopic (exact) mass is 496 g/mol. The number of hydrogen-bond donors (Lipinski definition) is 2. The number of carbonyl (C=O) groups excluding carboxylic acids is 2. The largest absolute Gasteiger partial charge is 0.341 e. The Morgan fingerprint density at radius 2 is 1.77 bits per heavy atom. The van der Waals surface area contributed by atoms with Crippen LogP contribution in [-0.2, 0) is 32.7 Å². The number of anilines is 1. The smallest absolute Gasteiger partial charge is 0.286 e. The fourth-order valence-corrected chi connectivity index (χ4v) is 7.64. The minimum absolute atomic E-state index is 0.0270. The molecule has 10 heteroatoms. The van der Waals surface area contributed by atoms with Crippen LogP contribution in [0, 0.1) is 29.5 Å². The number of piperidine rings is 1. The molecule has 0 aromatic heterocycles. The van der Waals surface area contributed by atoms with E-state index in [1.54, 1.807) is 29.2 Å². The van der Waals surface area contributed by atoms with Crippen LogP contribution in [-0.4, -0.2) is 36.9 Å². The summed E-state index contributed by atoms with van der Waals surface area (Å²) in [6, 6.07) is 10.4. The predicted octanol–water partition coefficient (Wildman–Crippen LogP) is 2.44. The van der Waals surface area contributed by atoms with Gasteiger partial charge in [0, 0.05) is 25.0 Å². The molecular weight excluding hydrogens is 471 g/mol. The number of Topliss-reactive ketones (excluding diaryl/α,β-unsaturated/α-hetero) is 1. The molecule has 4 aliphatic rings. The molecule has 2 heterocycles. The zero-order valence-electron chi connectivity index (χ0n) is 18.9. The number of amides is 1. The van der Waals surface area contributed by atoms with E-state index in [1.165, 1.54) is 18.2 Å². The summed E-state index contributed by atoms with van der Waals surface area (Å²) >= 11 is 0. The zero-order chi connectivity index (χ0) is 24.5. The molecule has 2 saturated carbocycles. The first-order valence-electron chi connectivity index (χ1n) is 11.8. The molecule has 2 bridgehead atoms. The van der Waals surface area contributed by atoms with E-state index in [2.05, 4.69) is 9.71 Å². The van der Waals surface area contributed by atoms with Crippen molar-refractivity contribution in [2.45, 2.75) is 43.3 Å². The van der Waals surface area contributed by atoms with Crippen molar-refractivity contribution in [3.63, 3.8) is 0 Å². The number of likely N-dealkylation sites (tertiary alicyclic amines) is 1. The van der Waals surface area contributed by atoms with E-state index in [0.29, 0.717) is 5.56 Å². The molecule has 2 aromatic rings. The van der Waals surface area contributed by atoms with Gasteiger partial charge < -0.3 is 16.0 Å². The second kappa shape index (κ2) is 7.96. The van der Waals surface area contributed by atoms with Crippen molar-refractivity contribution in [1.29, 1.82) is 0 Å². The van der Waals surface area contributed by atoms with Gasteiger partial charge in [-0.05, 0) is 66.5 Å². The van der Waals surface area contributed by atoms with Gasteiger partial charge in [0.1, 0.15) is 16.5 Å². The van der Waals surface area contributed by atoms with Crippen LogP contribution in [0.2, 0.25) is 0 Å². The number of nitrogens with two attached hydrogens (primary N) is 1. The summed E-state index contributed by atoms with van der Waals surface area (Å²) < 4.78 is 43.4. The lowest BCUT2D eigenvalue weighted by molar-refractivity contribution is -0.153. The van der Waals surface area contributed by atoms with Gasteiger partial charge in [-0.3, -0.25) is 9.59 Å². The van der Waals surface area contributed by atoms with Crippen LogP contribution in [0.3, 0.4) is 0 Å². The molecule has 1 saturated heterocycles. The SMILES string of the molecule is NCc1ccc2c(c1)S(=O)(=O)N=C(C1C(=O)C3C([C@@H]4CC[C@H]3C4)N(Cc3ccc(F)cc3)C1=O)N2. The lowest BCUT2D eigenvalue weighted by atomic mass is 9.73. The number of carbonyl (C=O) groups is 2. The zero-order valence-corrected chi connectivity index (χ0v) is 19.7. The van der Waals surface area contributed by atoms with E-state index in [-0.39, 0.29) is 64.9 Å². The summed E-state index contributed by atoms with van der Waals surface area (Å²) in [6.07, 6.45) is 2.76. The standard InChI is InChI=1S/C25H25FN4O4S/c26-17-6-1-13(2-7-17)12-30-22-16-5-4-15(10-16)20(22)23(31)21(25(30)32)24-28-18-8-3-14(11-27)9-19(18)35(33,34)29-24/h1-3,6-9,15-16,20-22H,4-5,10-12,27H2,(H,28,29)/t15-,16+,20?,21?,22?/m0/s1. The Bertz CT molecular complexity index is 1370. The first-order valence-corrected chi connectivity index (χ1v) is 13.2. The molecule has 0 radical (unpaired) electrons. The minimum atomic E-state index is -4.13. The van der Waals surface area contributed by atoms with Gasteiger partial charge >= 0.3 is 0 Å². The number of fused-ring (bicyclic) bond motifs is 6. The number of nitrogens with zero attached hydrogens (tertiary/aromatic N) is 2. The Kier molecular flexibility index (Phi) is 5.08. The number of ketones is 1. The van der Waals surface area contributed by atoms with Gasteiger partial charge in [0.15, 0.2) is 11.7 Å². The van der Waals surface area contributed by atoms with Gasteiger partial charge in [-0.15, -0.1) is 4.40 Å². The number of amidine groups is 1. The van der Waals surface area contributed by atoms with Crippen LogP contribution < -0.4 is 11.1 Å². The molecular formula is C25H25FN4O4S. The van der Waals surface area contributed by atoms with Crippen LogP contribution in [0.15, 0.2) is 51.8 Å². The highest BCUT2D eigenvalue weighted by Crippen LogP contribution is 2.54. The summed E-state index contributed by atoms with van der Waals surface area (Å²) in [7, 11) is -4.13. The highest BCUT2D eigenvalue weighted by Gasteiger charge is 2.60. The van der Waals surface area contributed by atoms with Gasteiger partial charge in [-0.2, -0.15) is 8.42 Å². The second-order valence-corrected chi connectivity index (χ2v) is 11.5. The quantitative estimate of drug-likeness (QED) is 0.627.